The van der Waals surface area contributed by atoms with Crippen LogP contribution in [0.2, 0.25) is 0 Å². The number of hydrogen-bond acceptors (Lipinski definition) is 3. The second-order valence-corrected chi connectivity index (χ2v) is 5.19. The Balaban J connectivity index is 0.000000145. The molecule has 2 saturated heterocycles. The van der Waals surface area contributed by atoms with Crippen LogP contribution in [0.5, 0.6) is 0 Å². The van der Waals surface area contributed by atoms with E-state index in [9.17, 15) is 0 Å². The number of imidazole rings is 1. The number of likely N-dealkylation sites (tertiary alicyclic amines) is 2. The van der Waals surface area contributed by atoms with E-state index >= 15 is 0 Å². The number of nitrogens with zero attached hydrogens (tertiary/aromatic N) is 4. The summed E-state index contributed by atoms with van der Waals surface area (Å²) in [5, 5.41) is 0. The lowest BCUT2D eigenvalue weighted by molar-refractivity contribution is 0.229. The first-order valence-corrected chi connectivity index (χ1v) is 7.62. The Labute approximate surface area is 118 Å². The molecule has 2 aliphatic heterocycles. The van der Waals surface area contributed by atoms with Crippen LogP contribution in [0.3, 0.4) is 0 Å². The van der Waals surface area contributed by atoms with Gasteiger partial charge in [0.05, 0.1) is 6.33 Å². The topological polar surface area (TPSA) is 24.3 Å². The average Bonchev–Trinajstić information content (AvgIpc) is 3.10. The van der Waals surface area contributed by atoms with Crippen molar-refractivity contribution in [1.29, 1.82) is 0 Å². The number of aromatic nitrogens is 2. The van der Waals surface area contributed by atoms with E-state index in [4.69, 9.17) is 0 Å². The lowest BCUT2D eigenvalue weighted by Gasteiger charge is -2.24. The molecule has 0 saturated carbocycles. The Hall–Kier alpha value is -0.870. The summed E-state index contributed by atoms with van der Waals surface area (Å²) in [6.07, 6.45) is 9.79. The van der Waals surface area contributed by atoms with Crippen molar-refractivity contribution in [2.24, 2.45) is 0 Å². The van der Waals surface area contributed by atoms with Crippen molar-refractivity contribution in [2.75, 3.05) is 39.8 Å². The van der Waals surface area contributed by atoms with E-state index < -0.39 is 0 Å². The maximum Gasteiger partial charge on any atom is 0.0945 e. The zero-order valence-corrected chi connectivity index (χ0v) is 12.9. The van der Waals surface area contributed by atoms with Gasteiger partial charge in [0.1, 0.15) is 0 Å². The summed E-state index contributed by atoms with van der Waals surface area (Å²) >= 11 is 0. The molecule has 0 radical (unpaired) electrons. The Bertz CT molecular complexity index is 287. The predicted molar refractivity (Wildman–Crippen MR) is 81.4 cm³/mol. The van der Waals surface area contributed by atoms with Gasteiger partial charge in [-0.25, -0.2) is 4.98 Å². The second-order valence-electron chi connectivity index (χ2n) is 5.19. The van der Waals surface area contributed by atoms with Crippen molar-refractivity contribution >= 4 is 0 Å². The van der Waals surface area contributed by atoms with Gasteiger partial charge in [-0.05, 0) is 66.0 Å². The fourth-order valence-electron chi connectivity index (χ4n) is 2.05. The van der Waals surface area contributed by atoms with Gasteiger partial charge in [0, 0.05) is 18.9 Å². The molecule has 4 nitrogen and oxygen atoms in total. The van der Waals surface area contributed by atoms with Crippen LogP contribution in [-0.4, -0.2) is 59.1 Å². The van der Waals surface area contributed by atoms with E-state index in [1.165, 1.54) is 52.0 Å². The Morgan fingerprint density at radius 2 is 1.58 bits per heavy atom. The first-order valence-electron chi connectivity index (χ1n) is 7.62. The second kappa shape index (κ2) is 9.98. The maximum atomic E-state index is 3.86. The average molecular weight is 266 g/mol. The van der Waals surface area contributed by atoms with Crippen molar-refractivity contribution < 1.29 is 0 Å². The van der Waals surface area contributed by atoms with Crippen molar-refractivity contribution in [2.45, 2.75) is 39.7 Å². The molecular formula is C15H30N4. The highest BCUT2D eigenvalue weighted by Crippen LogP contribution is 2.04. The lowest BCUT2D eigenvalue weighted by atomic mass is 10.3. The summed E-state index contributed by atoms with van der Waals surface area (Å²) in [7, 11) is 2.14. The van der Waals surface area contributed by atoms with Gasteiger partial charge in [-0.15, -0.1) is 0 Å². The van der Waals surface area contributed by atoms with Crippen LogP contribution in [0, 0.1) is 0 Å². The summed E-state index contributed by atoms with van der Waals surface area (Å²) in [5.74, 6) is 0. The van der Waals surface area contributed by atoms with E-state index in [0.717, 1.165) is 6.54 Å². The van der Waals surface area contributed by atoms with Crippen molar-refractivity contribution in [3.8, 4) is 0 Å². The van der Waals surface area contributed by atoms with Gasteiger partial charge in [0.2, 0.25) is 0 Å². The Morgan fingerprint density at radius 1 is 0.947 bits per heavy atom. The third-order valence-corrected chi connectivity index (χ3v) is 3.65. The van der Waals surface area contributed by atoms with Crippen LogP contribution in [0.4, 0.5) is 0 Å². The predicted octanol–water partition coefficient (Wildman–Crippen LogP) is 2.33. The van der Waals surface area contributed by atoms with Gasteiger partial charge in [0.25, 0.3) is 0 Å². The first kappa shape index (κ1) is 16.2. The standard InChI is InChI=1S/C6H13N.C5H8N2.C4H9N/c1-2-7-5-3-4-6-7;1-2-7-4-3-6-5-7;1-5-3-2-4-5/h2-6H2,1H3;3-5H,2H2,1H3;2-4H2,1H3. The van der Waals surface area contributed by atoms with Gasteiger partial charge in [-0.3, -0.25) is 0 Å². The van der Waals surface area contributed by atoms with Crippen LogP contribution in [0.25, 0.3) is 0 Å². The third-order valence-electron chi connectivity index (χ3n) is 3.65. The molecule has 0 bridgehead atoms. The van der Waals surface area contributed by atoms with Crippen molar-refractivity contribution in [3.05, 3.63) is 18.7 Å². The van der Waals surface area contributed by atoms with Crippen LogP contribution in [0.1, 0.15) is 33.1 Å². The van der Waals surface area contributed by atoms with E-state index in [1.54, 1.807) is 12.5 Å². The summed E-state index contributed by atoms with van der Waals surface area (Å²) < 4.78 is 2.01. The van der Waals surface area contributed by atoms with Crippen LogP contribution < -0.4 is 0 Å². The fourth-order valence-corrected chi connectivity index (χ4v) is 2.05. The summed E-state index contributed by atoms with van der Waals surface area (Å²) in [6.45, 7) is 11.9. The molecule has 3 heterocycles. The zero-order valence-electron chi connectivity index (χ0n) is 12.9. The number of hydrogen-bond donors (Lipinski definition) is 0. The molecule has 2 fully saturated rings. The van der Waals surface area contributed by atoms with Crippen molar-refractivity contribution in [1.82, 2.24) is 19.4 Å². The van der Waals surface area contributed by atoms with Crippen LogP contribution >= 0.6 is 0 Å². The molecule has 0 atom stereocenters. The molecule has 2 aliphatic rings. The molecule has 3 rings (SSSR count). The minimum atomic E-state index is 1.01. The first-order chi connectivity index (χ1) is 9.26. The Kier molecular flexibility index (Phi) is 8.50. The summed E-state index contributed by atoms with van der Waals surface area (Å²) in [4.78, 5) is 8.65. The lowest BCUT2D eigenvalue weighted by Crippen LogP contribution is -2.32. The van der Waals surface area contributed by atoms with E-state index in [1.807, 2.05) is 10.8 Å². The van der Waals surface area contributed by atoms with Gasteiger partial charge in [-0.2, -0.15) is 0 Å². The van der Waals surface area contributed by atoms with E-state index in [2.05, 4.69) is 35.7 Å². The molecule has 110 valence electrons. The van der Waals surface area contributed by atoms with E-state index in [0.29, 0.717) is 0 Å². The zero-order chi connectivity index (χ0) is 13.9. The SMILES string of the molecule is CCN1CCCC1.CCn1ccnc1.CN1CCC1. The molecule has 0 aromatic carbocycles. The molecule has 0 spiro atoms. The highest BCUT2D eigenvalue weighted by molar-refractivity contribution is 4.72. The maximum absolute atomic E-state index is 3.86. The Morgan fingerprint density at radius 3 is 1.79 bits per heavy atom. The largest absolute Gasteiger partial charge is 0.338 e. The van der Waals surface area contributed by atoms with Gasteiger partial charge in [0.15, 0.2) is 0 Å². The smallest absolute Gasteiger partial charge is 0.0945 e. The molecule has 0 N–H and O–H groups in total. The van der Waals surface area contributed by atoms with E-state index in [-0.39, 0.29) is 0 Å². The van der Waals surface area contributed by atoms with Crippen molar-refractivity contribution in [3.63, 3.8) is 0 Å². The molecule has 0 amide bonds. The highest BCUT2D eigenvalue weighted by atomic mass is 15.1. The molecule has 0 aliphatic carbocycles. The summed E-state index contributed by atoms with van der Waals surface area (Å²) in [6, 6.07) is 0. The summed E-state index contributed by atoms with van der Waals surface area (Å²) in [5.41, 5.74) is 0. The molecule has 1 aromatic rings. The normalized spacial score (nSPS) is 18.9. The van der Waals surface area contributed by atoms with Crippen LogP contribution in [-0.2, 0) is 6.54 Å². The quantitative estimate of drug-likeness (QED) is 0.821. The molecule has 1 aromatic heterocycles. The molecule has 4 heteroatoms. The van der Waals surface area contributed by atoms with Gasteiger partial charge < -0.3 is 14.4 Å². The fraction of sp³-hybridized carbons (Fsp3) is 0.800. The number of rotatable bonds is 2. The minimum absolute atomic E-state index is 1.01. The highest BCUT2D eigenvalue weighted by Gasteiger charge is 2.07. The van der Waals surface area contributed by atoms with Gasteiger partial charge >= 0.3 is 0 Å². The minimum Gasteiger partial charge on any atom is -0.338 e. The molecule has 0 unspecified atom stereocenters. The third kappa shape index (κ3) is 7.33. The molecular weight excluding hydrogens is 236 g/mol. The number of aryl methyl sites for hydroxylation is 1. The van der Waals surface area contributed by atoms with Crippen LogP contribution in [0.15, 0.2) is 18.7 Å². The van der Waals surface area contributed by atoms with Gasteiger partial charge in [-0.1, -0.05) is 6.92 Å². The monoisotopic (exact) mass is 266 g/mol. The molecule has 19 heavy (non-hydrogen) atoms.